The number of hydrogen-bond donors (Lipinski definition) is 1. The molecule has 0 fully saturated rings. The highest BCUT2D eigenvalue weighted by atomic mass is 15.3. The third-order valence-electron chi connectivity index (χ3n) is 3.07. The number of benzene rings is 1. The summed E-state index contributed by atoms with van der Waals surface area (Å²) >= 11 is 0. The molecule has 1 N–H and O–H groups in total. The van der Waals surface area contributed by atoms with Crippen molar-refractivity contribution in [2.45, 2.75) is 13.0 Å². The van der Waals surface area contributed by atoms with Gasteiger partial charge in [-0.3, -0.25) is 4.68 Å². The minimum atomic E-state index is 0.894. The molecule has 0 bridgehead atoms. The Morgan fingerprint density at radius 2 is 1.95 bits per heavy atom. The van der Waals surface area contributed by atoms with E-state index in [4.69, 9.17) is 0 Å². The molecule has 4 heteroatoms. The standard InChI is InChI=1S/C15H16N4/c1-2-7-14-13(6-1)12-18-19(14)11-5-10-17-15-8-3-4-9-16-15/h1-4,6-9,12H,5,10-11H2,(H,16,17). The lowest BCUT2D eigenvalue weighted by Crippen LogP contribution is -2.08. The highest BCUT2D eigenvalue weighted by molar-refractivity contribution is 5.78. The van der Waals surface area contributed by atoms with E-state index < -0.39 is 0 Å². The Morgan fingerprint density at radius 1 is 1.05 bits per heavy atom. The van der Waals surface area contributed by atoms with Crippen LogP contribution in [0.1, 0.15) is 6.42 Å². The fourth-order valence-corrected chi connectivity index (χ4v) is 2.12. The van der Waals surface area contributed by atoms with Gasteiger partial charge in [-0.25, -0.2) is 4.98 Å². The molecule has 0 spiro atoms. The molecule has 3 aromatic rings. The Balaban J connectivity index is 1.55. The first kappa shape index (κ1) is 11.7. The van der Waals surface area contributed by atoms with E-state index in [9.17, 15) is 0 Å². The van der Waals surface area contributed by atoms with E-state index in [1.54, 1.807) is 6.20 Å². The minimum Gasteiger partial charge on any atom is -0.370 e. The summed E-state index contributed by atoms with van der Waals surface area (Å²) in [5.41, 5.74) is 1.19. The van der Waals surface area contributed by atoms with Crippen LogP contribution in [-0.4, -0.2) is 21.3 Å². The van der Waals surface area contributed by atoms with Crippen LogP contribution in [0.25, 0.3) is 10.9 Å². The van der Waals surface area contributed by atoms with Crippen LogP contribution in [0.4, 0.5) is 5.82 Å². The first-order valence-corrected chi connectivity index (χ1v) is 6.49. The Kier molecular flexibility index (Phi) is 3.40. The number of fused-ring (bicyclic) bond motifs is 1. The van der Waals surface area contributed by atoms with E-state index in [0.717, 1.165) is 25.3 Å². The summed E-state index contributed by atoms with van der Waals surface area (Å²) < 4.78 is 2.05. The molecule has 0 aliphatic carbocycles. The van der Waals surface area contributed by atoms with Gasteiger partial charge in [0, 0.05) is 24.7 Å². The summed E-state index contributed by atoms with van der Waals surface area (Å²) in [6.07, 6.45) is 4.73. The molecule has 0 radical (unpaired) electrons. The molecule has 4 nitrogen and oxygen atoms in total. The third kappa shape index (κ3) is 2.73. The van der Waals surface area contributed by atoms with Gasteiger partial charge in [-0.15, -0.1) is 0 Å². The molecule has 19 heavy (non-hydrogen) atoms. The second kappa shape index (κ2) is 5.52. The fraction of sp³-hybridized carbons (Fsp3) is 0.200. The number of aromatic nitrogens is 3. The molecule has 0 aliphatic rings. The van der Waals surface area contributed by atoms with Crippen molar-refractivity contribution in [3.8, 4) is 0 Å². The number of anilines is 1. The lowest BCUT2D eigenvalue weighted by Gasteiger charge is -2.06. The van der Waals surface area contributed by atoms with Crippen LogP contribution in [0.3, 0.4) is 0 Å². The van der Waals surface area contributed by atoms with E-state index in [1.165, 1.54) is 10.9 Å². The van der Waals surface area contributed by atoms with Gasteiger partial charge in [-0.1, -0.05) is 24.3 Å². The number of pyridine rings is 1. The molecular formula is C15H16N4. The molecule has 3 rings (SSSR count). The number of nitrogens with one attached hydrogen (secondary N) is 1. The number of aryl methyl sites for hydroxylation is 1. The summed E-state index contributed by atoms with van der Waals surface area (Å²) in [6, 6.07) is 14.2. The SMILES string of the molecule is c1ccc(NCCCn2ncc3ccccc32)nc1. The smallest absolute Gasteiger partial charge is 0.125 e. The predicted octanol–water partition coefficient (Wildman–Crippen LogP) is 2.93. The normalized spacial score (nSPS) is 10.7. The zero-order chi connectivity index (χ0) is 12.9. The van der Waals surface area contributed by atoms with Crippen LogP contribution in [0.2, 0.25) is 0 Å². The Morgan fingerprint density at radius 3 is 2.84 bits per heavy atom. The molecule has 0 atom stereocenters. The van der Waals surface area contributed by atoms with Crippen molar-refractivity contribution >= 4 is 16.7 Å². The van der Waals surface area contributed by atoms with E-state index >= 15 is 0 Å². The van der Waals surface area contributed by atoms with Crippen LogP contribution in [0.5, 0.6) is 0 Å². The lowest BCUT2D eigenvalue weighted by atomic mass is 10.2. The molecule has 96 valence electrons. The molecule has 0 aliphatic heterocycles. The van der Waals surface area contributed by atoms with Crippen molar-refractivity contribution in [3.05, 3.63) is 54.9 Å². The fourth-order valence-electron chi connectivity index (χ4n) is 2.12. The van der Waals surface area contributed by atoms with Crippen LogP contribution >= 0.6 is 0 Å². The van der Waals surface area contributed by atoms with Crippen LogP contribution in [0.15, 0.2) is 54.9 Å². The predicted molar refractivity (Wildman–Crippen MR) is 77.1 cm³/mol. The quantitative estimate of drug-likeness (QED) is 0.710. The first-order chi connectivity index (χ1) is 9.43. The van der Waals surface area contributed by atoms with Gasteiger partial charge in [0.25, 0.3) is 0 Å². The highest BCUT2D eigenvalue weighted by Gasteiger charge is 2.00. The molecule has 1 aromatic carbocycles. The van der Waals surface area contributed by atoms with Gasteiger partial charge in [-0.05, 0) is 24.6 Å². The van der Waals surface area contributed by atoms with Crippen molar-refractivity contribution in [1.82, 2.24) is 14.8 Å². The summed E-state index contributed by atoms with van der Waals surface area (Å²) in [7, 11) is 0. The van der Waals surface area contributed by atoms with Crippen LogP contribution < -0.4 is 5.32 Å². The second-order valence-electron chi connectivity index (χ2n) is 4.42. The third-order valence-corrected chi connectivity index (χ3v) is 3.07. The number of hydrogen-bond acceptors (Lipinski definition) is 3. The minimum absolute atomic E-state index is 0.894. The summed E-state index contributed by atoms with van der Waals surface area (Å²) in [5, 5.41) is 8.91. The highest BCUT2D eigenvalue weighted by Crippen LogP contribution is 2.12. The molecule has 0 amide bonds. The first-order valence-electron chi connectivity index (χ1n) is 6.49. The lowest BCUT2D eigenvalue weighted by molar-refractivity contribution is 0.610. The van der Waals surface area contributed by atoms with Crippen molar-refractivity contribution in [3.63, 3.8) is 0 Å². The van der Waals surface area contributed by atoms with Crippen molar-refractivity contribution in [1.29, 1.82) is 0 Å². The van der Waals surface area contributed by atoms with Crippen LogP contribution in [0, 0.1) is 0 Å². The Hall–Kier alpha value is -2.36. The molecule has 0 saturated heterocycles. The van der Waals surface area contributed by atoms with E-state index in [1.807, 2.05) is 36.5 Å². The second-order valence-corrected chi connectivity index (χ2v) is 4.42. The number of nitrogens with zero attached hydrogens (tertiary/aromatic N) is 3. The largest absolute Gasteiger partial charge is 0.370 e. The van der Waals surface area contributed by atoms with Crippen molar-refractivity contribution in [2.75, 3.05) is 11.9 Å². The van der Waals surface area contributed by atoms with E-state index in [2.05, 4.69) is 32.2 Å². The zero-order valence-corrected chi connectivity index (χ0v) is 10.7. The maximum Gasteiger partial charge on any atom is 0.125 e. The van der Waals surface area contributed by atoms with Gasteiger partial charge in [0.05, 0.1) is 11.7 Å². The Labute approximate surface area is 112 Å². The van der Waals surface area contributed by atoms with Crippen molar-refractivity contribution < 1.29 is 0 Å². The molecular weight excluding hydrogens is 236 g/mol. The molecule has 0 saturated carbocycles. The monoisotopic (exact) mass is 252 g/mol. The van der Waals surface area contributed by atoms with Crippen molar-refractivity contribution in [2.24, 2.45) is 0 Å². The molecule has 2 heterocycles. The topological polar surface area (TPSA) is 42.7 Å². The Bertz CT molecular complexity index is 645. The van der Waals surface area contributed by atoms with Gasteiger partial charge in [0.1, 0.15) is 5.82 Å². The summed E-state index contributed by atoms with van der Waals surface area (Å²) in [6.45, 7) is 1.80. The van der Waals surface area contributed by atoms with E-state index in [-0.39, 0.29) is 0 Å². The van der Waals surface area contributed by atoms with Gasteiger partial charge in [0.15, 0.2) is 0 Å². The van der Waals surface area contributed by atoms with Gasteiger partial charge < -0.3 is 5.32 Å². The number of rotatable bonds is 5. The maximum atomic E-state index is 4.41. The van der Waals surface area contributed by atoms with Gasteiger partial charge in [0.2, 0.25) is 0 Å². The van der Waals surface area contributed by atoms with E-state index in [0.29, 0.717) is 0 Å². The molecule has 2 aromatic heterocycles. The van der Waals surface area contributed by atoms with Gasteiger partial charge in [-0.2, -0.15) is 5.10 Å². The average Bonchev–Trinajstić information content (AvgIpc) is 2.88. The van der Waals surface area contributed by atoms with Gasteiger partial charge >= 0.3 is 0 Å². The maximum absolute atomic E-state index is 4.41. The molecule has 0 unspecified atom stereocenters. The number of para-hydroxylation sites is 1. The summed E-state index contributed by atoms with van der Waals surface area (Å²) in [5.74, 6) is 0.924. The zero-order valence-electron chi connectivity index (χ0n) is 10.7. The average molecular weight is 252 g/mol. The van der Waals surface area contributed by atoms with Crippen LogP contribution in [-0.2, 0) is 6.54 Å². The summed E-state index contributed by atoms with van der Waals surface area (Å²) in [4.78, 5) is 4.23.